The van der Waals surface area contributed by atoms with Crippen molar-refractivity contribution in [1.29, 1.82) is 0 Å². The third-order valence-electron chi connectivity index (χ3n) is 7.67. The molecular formula is C26H35N7OS. The van der Waals surface area contributed by atoms with Crippen molar-refractivity contribution in [2.75, 3.05) is 56.0 Å². The van der Waals surface area contributed by atoms with Crippen LogP contribution in [0.4, 0.5) is 10.9 Å². The highest BCUT2D eigenvalue weighted by atomic mass is 32.1. The van der Waals surface area contributed by atoms with E-state index in [-0.39, 0.29) is 5.91 Å². The lowest BCUT2D eigenvalue weighted by Crippen LogP contribution is -2.49. The summed E-state index contributed by atoms with van der Waals surface area (Å²) in [5.74, 6) is 1.31. The predicted molar refractivity (Wildman–Crippen MR) is 141 cm³/mol. The molecule has 4 heterocycles. The van der Waals surface area contributed by atoms with Crippen LogP contribution in [0.25, 0.3) is 16.2 Å². The molecule has 9 heteroatoms. The predicted octanol–water partition coefficient (Wildman–Crippen LogP) is 3.87. The van der Waals surface area contributed by atoms with Gasteiger partial charge in [0.1, 0.15) is 5.69 Å². The summed E-state index contributed by atoms with van der Waals surface area (Å²) in [6.45, 7) is 8.08. The Labute approximate surface area is 210 Å². The van der Waals surface area contributed by atoms with Crippen LogP contribution < -0.4 is 10.2 Å². The molecule has 1 saturated carbocycles. The topological polar surface area (TPSA) is 69.0 Å². The summed E-state index contributed by atoms with van der Waals surface area (Å²) in [4.78, 5) is 25.2. The van der Waals surface area contributed by atoms with Gasteiger partial charge in [0, 0.05) is 50.9 Å². The molecule has 0 spiro atoms. The number of carbonyl (C=O) groups excluding carboxylic acids is 1. The molecule has 1 aromatic carbocycles. The Balaban J connectivity index is 1.19. The van der Waals surface area contributed by atoms with Gasteiger partial charge in [0.25, 0.3) is 0 Å². The molecule has 186 valence electrons. The number of likely N-dealkylation sites (tertiary alicyclic amines) is 1. The van der Waals surface area contributed by atoms with E-state index in [1.165, 1.54) is 31.2 Å². The second kappa shape index (κ2) is 9.78. The van der Waals surface area contributed by atoms with Gasteiger partial charge in [-0.2, -0.15) is 4.52 Å². The fraction of sp³-hybridized carbons (Fsp3) is 0.577. The second-order valence-corrected chi connectivity index (χ2v) is 11.2. The minimum absolute atomic E-state index is 0.287. The van der Waals surface area contributed by atoms with Gasteiger partial charge in [-0.25, -0.2) is 4.98 Å². The fourth-order valence-corrected chi connectivity index (χ4v) is 6.48. The third kappa shape index (κ3) is 4.76. The highest BCUT2D eigenvalue weighted by Gasteiger charge is 2.27. The van der Waals surface area contributed by atoms with Gasteiger partial charge in [-0.1, -0.05) is 54.0 Å². The summed E-state index contributed by atoms with van der Waals surface area (Å²) < 4.78 is 2.02. The van der Waals surface area contributed by atoms with Crippen molar-refractivity contribution in [2.24, 2.45) is 0 Å². The fourth-order valence-electron chi connectivity index (χ4n) is 5.53. The van der Waals surface area contributed by atoms with E-state index < -0.39 is 0 Å². The number of aromatic nitrogens is 3. The number of hydrogen-bond acceptors (Lipinski definition) is 7. The van der Waals surface area contributed by atoms with E-state index in [0.29, 0.717) is 12.6 Å². The van der Waals surface area contributed by atoms with E-state index in [1.807, 2.05) is 9.42 Å². The third-order valence-corrected chi connectivity index (χ3v) is 8.64. The largest absolute Gasteiger partial charge is 0.365 e. The quantitative estimate of drug-likeness (QED) is 0.562. The van der Waals surface area contributed by atoms with Crippen molar-refractivity contribution >= 4 is 33.2 Å². The van der Waals surface area contributed by atoms with Gasteiger partial charge in [0.05, 0.1) is 6.54 Å². The van der Waals surface area contributed by atoms with Gasteiger partial charge >= 0.3 is 0 Å². The molecule has 1 amide bonds. The summed E-state index contributed by atoms with van der Waals surface area (Å²) in [6, 6.07) is 9.10. The monoisotopic (exact) mass is 493 g/mol. The summed E-state index contributed by atoms with van der Waals surface area (Å²) in [5, 5.41) is 9.84. The van der Waals surface area contributed by atoms with Crippen molar-refractivity contribution in [3.63, 3.8) is 0 Å². The van der Waals surface area contributed by atoms with Crippen LogP contribution in [-0.4, -0.2) is 82.2 Å². The van der Waals surface area contributed by atoms with Crippen LogP contribution in [0.1, 0.15) is 44.1 Å². The summed E-state index contributed by atoms with van der Waals surface area (Å²) in [6.07, 6.45) is 7.27. The number of piperazine rings is 1. The Kier molecular flexibility index (Phi) is 6.37. The maximum absolute atomic E-state index is 12.5. The standard InChI is InChI=1S/C26H35N7OS/c1-19-8-10-20(11-9-19)23-24(27-21-6-2-3-7-21)33-25(28-23)35-26(29-33)32-16-14-30(15-17-32)18-22(34)31-12-4-5-13-31/h8-11,21,27H,2-7,12-18H2,1H3. The number of fused-ring (bicyclic) bond motifs is 1. The lowest BCUT2D eigenvalue weighted by atomic mass is 10.1. The van der Waals surface area contributed by atoms with Crippen LogP contribution >= 0.6 is 11.3 Å². The first kappa shape index (κ1) is 22.8. The van der Waals surface area contributed by atoms with Crippen LogP contribution in [-0.2, 0) is 4.79 Å². The number of imidazole rings is 1. The first-order chi connectivity index (χ1) is 17.1. The van der Waals surface area contributed by atoms with Crippen LogP contribution in [0.2, 0.25) is 0 Å². The number of anilines is 2. The smallest absolute Gasteiger partial charge is 0.236 e. The number of benzene rings is 1. The van der Waals surface area contributed by atoms with Gasteiger partial charge in [0.2, 0.25) is 16.0 Å². The first-order valence-corrected chi connectivity index (χ1v) is 13.9. The minimum Gasteiger partial charge on any atom is -0.365 e. The summed E-state index contributed by atoms with van der Waals surface area (Å²) in [5.41, 5.74) is 3.38. The van der Waals surface area contributed by atoms with Crippen molar-refractivity contribution in [3.05, 3.63) is 29.8 Å². The number of aryl methyl sites for hydroxylation is 1. The van der Waals surface area contributed by atoms with Crippen molar-refractivity contribution in [2.45, 2.75) is 51.5 Å². The number of nitrogens with one attached hydrogen (secondary N) is 1. The van der Waals surface area contributed by atoms with E-state index in [9.17, 15) is 4.79 Å². The highest BCUT2D eigenvalue weighted by Crippen LogP contribution is 2.35. The average molecular weight is 494 g/mol. The lowest BCUT2D eigenvalue weighted by Gasteiger charge is -2.34. The zero-order valence-corrected chi connectivity index (χ0v) is 21.4. The normalized spacial score (nSPS) is 19.8. The van der Waals surface area contributed by atoms with Crippen molar-refractivity contribution in [1.82, 2.24) is 24.4 Å². The number of amides is 1. The maximum Gasteiger partial charge on any atom is 0.236 e. The van der Waals surface area contributed by atoms with E-state index >= 15 is 0 Å². The summed E-state index contributed by atoms with van der Waals surface area (Å²) >= 11 is 1.66. The van der Waals surface area contributed by atoms with Gasteiger partial charge in [-0.3, -0.25) is 9.69 Å². The zero-order valence-electron chi connectivity index (χ0n) is 20.6. The minimum atomic E-state index is 0.287. The maximum atomic E-state index is 12.5. The second-order valence-electron chi connectivity index (χ2n) is 10.2. The number of nitrogens with zero attached hydrogens (tertiary/aromatic N) is 6. The average Bonchev–Trinajstić information content (AvgIpc) is 3.67. The summed E-state index contributed by atoms with van der Waals surface area (Å²) in [7, 11) is 0. The molecule has 3 fully saturated rings. The molecule has 3 aromatic rings. The van der Waals surface area contributed by atoms with Crippen LogP contribution in [0, 0.1) is 6.92 Å². The van der Waals surface area contributed by atoms with Crippen molar-refractivity contribution < 1.29 is 4.79 Å². The molecule has 0 bridgehead atoms. The Bertz CT molecular complexity index is 1170. The lowest BCUT2D eigenvalue weighted by molar-refractivity contribution is -0.131. The SMILES string of the molecule is Cc1ccc(-c2nc3sc(N4CCN(CC(=O)N5CCCC5)CC4)nn3c2NC2CCCC2)cc1. The molecule has 0 atom stereocenters. The zero-order chi connectivity index (χ0) is 23.8. The van der Waals surface area contributed by atoms with Gasteiger partial charge < -0.3 is 15.1 Å². The molecule has 0 unspecified atom stereocenters. The van der Waals surface area contributed by atoms with Crippen LogP contribution in [0.3, 0.4) is 0 Å². The Morgan fingerprint density at radius 2 is 1.71 bits per heavy atom. The van der Waals surface area contributed by atoms with E-state index in [0.717, 1.165) is 79.3 Å². The van der Waals surface area contributed by atoms with Gasteiger partial charge in [0.15, 0.2) is 5.82 Å². The molecular weight excluding hydrogens is 458 g/mol. The first-order valence-electron chi connectivity index (χ1n) is 13.1. The number of rotatable bonds is 6. The molecule has 0 radical (unpaired) electrons. The highest BCUT2D eigenvalue weighted by molar-refractivity contribution is 7.20. The number of carbonyl (C=O) groups is 1. The molecule has 6 rings (SSSR count). The Morgan fingerprint density at radius 1 is 1.00 bits per heavy atom. The molecule has 35 heavy (non-hydrogen) atoms. The van der Waals surface area contributed by atoms with Gasteiger partial charge in [-0.05, 0) is 32.6 Å². The van der Waals surface area contributed by atoms with E-state index in [4.69, 9.17) is 10.1 Å². The Morgan fingerprint density at radius 3 is 2.43 bits per heavy atom. The number of hydrogen-bond donors (Lipinski definition) is 1. The van der Waals surface area contributed by atoms with Crippen LogP contribution in [0.5, 0.6) is 0 Å². The molecule has 2 saturated heterocycles. The van der Waals surface area contributed by atoms with E-state index in [2.05, 4.69) is 46.3 Å². The molecule has 8 nitrogen and oxygen atoms in total. The van der Waals surface area contributed by atoms with Gasteiger partial charge in [-0.15, -0.1) is 5.10 Å². The molecule has 2 aromatic heterocycles. The van der Waals surface area contributed by atoms with Crippen LogP contribution in [0.15, 0.2) is 24.3 Å². The molecule has 1 aliphatic carbocycles. The molecule has 2 aliphatic heterocycles. The Hall–Kier alpha value is -2.65. The van der Waals surface area contributed by atoms with E-state index in [1.54, 1.807) is 11.3 Å². The molecule has 3 aliphatic rings. The van der Waals surface area contributed by atoms with Crippen molar-refractivity contribution in [3.8, 4) is 11.3 Å². The molecule has 1 N–H and O–H groups in total.